The normalized spacial score (nSPS) is 16.8. The predicted octanol–water partition coefficient (Wildman–Crippen LogP) is 4.79. The Morgan fingerprint density at radius 2 is 1.83 bits per heavy atom. The topological polar surface area (TPSA) is 123 Å². The second kappa shape index (κ2) is 10.8. The Morgan fingerprint density at radius 3 is 2.44 bits per heavy atom. The van der Waals surface area contributed by atoms with E-state index in [1.807, 2.05) is 0 Å². The van der Waals surface area contributed by atoms with Gasteiger partial charge < -0.3 is 14.7 Å². The number of aromatic nitrogens is 1. The lowest BCUT2D eigenvalue weighted by Crippen LogP contribution is -2.29. The molecule has 0 radical (unpaired) electrons. The van der Waals surface area contributed by atoms with Gasteiger partial charge >= 0.3 is 0 Å². The van der Waals surface area contributed by atoms with Gasteiger partial charge in [-0.25, -0.2) is 0 Å². The number of aliphatic hydroxyl groups is 1. The number of Topliss-reactive ketones (excluding diaryl/α,β-unsaturated/α-hetero) is 1. The van der Waals surface area contributed by atoms with E-state index in [2.05, 4.69) is 11.9 Å². The van der Waals surface area contributed by atoms with Crippen molar-refractivity contribution < 1.29 is 24.4 Å². The molecule has 1 aliphatic rings. The summed E-state index contributed by atoms with van der Waals surface area (Å²) in [5.74, 6) is -1.30. The highest BCUT2D eigenvalue weighted by atomic mass is 16.6. The van der Waals surface area contributed by atoms with Gasteiger partial charge in [0.05, 0.1) is 23.1 Å². The van der Waals surface area contributed by atoms with Crippen molar-refractivity contribution in [3.63, 3.8) is 0 Å². The second-order valence-electron chi connectivity index (χ2n) is 8.36. The highest BCUT2D eigenvalue weighted by Gasteiger charge is 2.46. The molecular formula is C27H25N3O6. The highest BCUT2D eigenvalue weighted by Crippen LogP contribution is 2.40. The fraction of sp³-hybridized carbons (Fsp3) is 0.222. The lowest BCUT2D eigenvalue weighted by molar-refractivity contribution is -0.384. The number of pyridine rings is 1. The number of likely N-dealkylation sites (tertiary alicyclic amines) is 1. The molecule has 0 spiro atoms. The monoisotopic (exact) mass is 487 g/mol. The molecule has 1 fully saturated rings. The summed E-state index contributed by atoms with van der Waals surface area (Å²) in [7, 11) is 0. The lowest BCUT2D eigenvalue weighted by Gasteiger charge is -2.25. The largest absolute Gasteiger partial charge is 0.507 e. The molecule has 0 saturated carbocycles. The molecule has 2 aromatic carbocycles. The van der Waals surface area contributed by atoms with Crippen LogP contribution in [-0.4, -0.2) is 38.2 Å². The van der Waals surface area contributed by atoms with Crippen molar-refractivity contribution in [3.8, 4) is 5.75 Å². The summed E-state index contributed by atoms with van der Waals surface area (Å²) in [6.45, 7) is 2.71. The third kappa shape index (κ3) is 5.10. The molecule has 36 heavy (non-hydrogen) atoms. The van der Waals surface area contributed by atoms with Crippen molar-refractivity contribution >= 4 is 23.1 Å². The van der Waals surface area contributed by atoms with Crippen LogP contribution in [0.25, 0.3) is 5.76 Å². The molecular weight excluding hydrogens is 462 g/mol. The van der Waals surface area contributed by atoms with E-state index in [0.717, 1.165) is 12.8 Å². The molecule has 1 atom stereocenters. The number of ether oxygens (including phenoxy) is 1. The van der Waals surface area contributed by atoms with E-state index in [-0.39, 0.29) is 23.6 Å². The number of nitro groups is 1. The van der Waals surface area contributed by atoms with E-state index in [1.54, 1.807) is 48.8 Å². The summed E-state index contributed by atoms with van der Waals surface area (Å²) in [5.41, 5.74) is 1.30. The van der Waals surface area contributed by atoms with Gasteiger partial charge in [0.15, 0.2) is 0 Å². The molecule has 1 N–H and O–H groups in total. The summed E-state index contributed by atoms with van der Waals surface area (Å²) in [6.07, 6.45) is 5.10. The summed E-state index contributed by atoms with van der Waals surface area (Å²) >= 11 is 0. The minimum Gasteiger partial charge on any atom is -0.507 e. The van der Waals surface area contributed by atoms with Crippen molar-refractivity contribution in [3.05, 3.63) is 105 Å². The minimum absolute atomic E-state index is 0.0705. The van der Waals surface area contributed by atoms with Crippen LogP contribution < -0.4 is 4.74 Å². The first-order valence-corrected chi connectivity index (χ1v) is 11.6. The van der Waals surface area contributed by atoms with Gasteiger partial charge in [0.2, 0.25) is 0 Å². The maximum absolute atomic E-state index is 13.2. The average Bonchev–Trinajstić information content (AvgIpc) is 3.14. The number of amides is 1. The van der Waals surface area contributed by atoms with Gasteiger partial charge in [0.25, 0.3) is 17.4 Å². The molecule has 2 heterocycles. The Bertz CT molecular complexity index is 1290. The van der Waals surface area contributed by atoms with Gasteiger partial charge in [0, 0.05) is 36.6 Å². The van der Waals surface area contributed by atoms with Crippen molar-refractivity contribution in [2.45, 2.75) is 32.4 Å². The lowest BCUT2D eigenvalue weighted by atomic mass is 9.95. The summed E-state index contributed by atoms with van der Waals surface area (Å²) in [4.78, 5) is 42.3. The maximum Gasteiger partial charge on any atom is 0.295 e. The SMILES string of the molecule is CCCCOc1ccc(/C(O)=C2\C(=O)C(=O)N(Cc3cccnc3)C2c2ccc([N+](=O)[O-])cc2)cc1. The molecule has 9 heteroatoms. The molecule has 0 aliphatic carbocycles. The number of nitro benzene ring substituents is 1. The number of hydrogen-bond acceptors (Lipinski definition) is 7. The van der Waals surface area contributed by atoms with Gasteiger partial charge in [-0.1, -0.05) is 19.4 Å². The first-order chi connectivity index (χ1) is 17.4. The number of aliphatic hydroxyl groups excluding tert-OH is 1. The van der Waals surface area contributed by atoms with Crippen LogP contribution in [0.4, 0.5) is 5.69 Å². The van der Waals surface area contributed by atoms with Crippen molar-refractivity contribution in [1.82, 2.24) is 9.88 Å². The van der Waals surface area contributed by atoms with Crippen molar-refractivity contribution in [2.75, 3.05) is 6.61 Å². The van der Waals surface area contributed by atoms with Crippen LogP contribution in [0.15, 0.2) is 78.6 Å². The molecule has 9 nitrogen and oxygen atoms in total. The average molecular weight is 488 g/mol. The second-order valence-corrected chi connectivity index (χ2v) is 8.36. The minimum atomic E-state index is -0.938. The van der Waals surface area contributed by atoms with E-state index in [9.17, 15) is 24.8 Å². The Hall–Kier alpha value is -4.53. The third-order valence-corrected chi connectivity index (χ3v) is 5.93. The number of non-ortho nitro benzene ring substituents is 1. The number of unbranched alkanes of at least 4 members (excludes halogenated alkanes) is 1. The van der Waals surface area contributed by atoms with E-state index in [4.69, 9.17) is 4.74 Å². The Labute approximate surface area is 207 Å². The Kier molecular flexibility index (Phi) is 7.39. The van der Waals surface area contributed by atoms with Gasteiger partial charge in [-0.05, 0) is 60.0 Å². The molecule has 1 unspecified atom stereocenters. The number of benzene rings is 2. The number of rotatable bonds is 9. The molecule has 184 valence electrons. The number of hydrogen-bond donors (Lipinski definition) is 1. The van der Waals surface area contributed by atoms with Gasteiger partial charge in [-0.15, -0.1) is 0 Å². The van der Waals surface area contributed by atoms with Crippen LogP contribution in [0.2, 0.25) is 0 Å². The van der Waals surface area contributed by atoms with Crippen molar-refractivity contribution in [1.29, 1.82) is 0 Å². The quantitative estimate of drug-likeness (QED) is 0.115. The van der Waals surface area contributed by atoms with Crippen LogP contribution in [0.5, 0.6) is 5.75 Å². The van der Waals surface area contributed by atoms with Crippen molar-refractivity contribution in [2.24, 2.45) is 0 Å². The molecule has 1 aliphatic heterocycles. The van der Waals surface area contributed by atoms with E-state index < -0.39 is 22.7 Å². The molecule has 4 rings (SSSR count). The standard InChI is InChI=1S/C27H25N3O6/c1-2-3-15-36-22-12-8-20(9-13-22)25(31)23-24(19-6-10-21(11-7-19)30(34)35)29(27(33)26(23)32)17-18-5-4-14-28-16-18/h4-14,16,24,31H,2-3,15,17H2,1H3/b25-23+. The molecule has 0 bridgehead atoms. The smallest absolute Gasteiger partial charge is 0.295 e. The molecule has 1 amide bonds. The number of nitrogens with zero attached hydrogens (tertiary/aromatic N) is 3. The molecule has 1 saturated heterocycles. The fourth-order valence-corrected chi connectivity index (χ4v) is 4.06. The first kappa shape index (κ1) is 24.6. The zero-order chi connectivity index (χ0) is 25.7. The first-order valence-electron chi connectivity index (χ1n) is 11.6. The highest BCUT2D eigenvalue weighted by molar-refractivity contribution is 6.46. The van der Waals surface area contributed by atoms with Crippen LogP contribution in [0, 0.1) is 10.1 Å². The van der Waals surface area contributed by atoms with E-state index in [1.165, 1.54) is 29.2 Å². The molecule has 3 aromatic rings. The van der Waals surface area contributed by atoms with Crippen LogP contribution in [-0.2, 0) is 16.1 Å². The Balaban J connectivity index is 1.75. The zero-order valence-electron chi connectivity index (χ0n) is 19.7. The maximum atomic E-state index is 13.2. The number of carbonyl (C=O) groups excluding carboxylic acids is 2. The number of carbonyl (C=O) groups is 2. The van der Waals surface area contributed by atoms with Crippen LogP contribution in [0.1, 0.15) is 42.5 Å². The van der Waals surface area contributed by atoms with Gasteiger partial charge in [0.1, 0.15) is 11.5 Å². The summed E-state index contributed by atoms with van der Waals surface area (Å²) in [5, 5.41) is 22.3. The zero-order valence-corrected chi connectivity index (χ0v) is 19.7. The molecule has 1 aromatic heterocycles. The van der Waals surface area contributed by atoms with Crippen LogP contribution in [0.3, 0.4) is 0 Å². The van der Waals surface area contributed by atoms with Gasteiger partial charge in [-0.2, -0.15) is 0 Å². The van der Waals surface area contributed by atoms with Crippen LogP contribution >= 0.6 is 0 Å². The predicted molar refractivity (Wildman–Crippen MR) is 132 cm³/mol. The summed E-state index contributed by atoms with van der Waals surface area (Å²) in [6, 6.07) is 14.8. The third-order valence-electron chi connectivity index (χ3n) is 5.93. The van der Waals surface area contributed by atoms with Gasteiger partial charge in [-0.3, -0.25) is 24.7 Å². The number of ketones is 1. The Morgan fingerprint density at radius 1 is 1.11 bits per heavy atom. The van der Waals surface area contributed by atoms with E-state index >= 15 is 0 Å². The summed E-state index contributed by atoms with van der Waals surface area (Å²) < 4.78 is 5.66. The fourth-order valence-electron chi connectivity index (χ4n) is 4.06. The van der Waals surface area contributed by atoms with E-state index in [0.29, 0.717) is 29.0 Å².